The number of anilines is 1. The first-order valence-electron chi connectivity index (χ1n) is 7.11. The highest BCUT2D eigenvalue weighted by Gasteiger charge is 2.08. The molecule has 0 aliphatic heterocycles. The summed E-state index contributed by atoms with van der Waals surface area (Å²) in [5.74, 6) is 0.661. The van der Waals surface area contributed by atoms with Crippen molar-refractivity contribution in [2.24, 2.45) is 0 Å². The third-order valence-corrected chi connectivity index (χ3v) is 3.51. The fourth-order valence-corrected chi connectivity index (χ4v) is 2.27. The minimum Gasteiger partial charge on any atom is -0.383 e. The quantitative estimate of drug-likeness (QED) is 0.862. The van der Waals surface area contributed by atoms with Gasteiger partial charge in [-0.15, -0.1) is 0 Å². The Kier molecular flexibility index (Phi) is 4.74. The molecule has 0 saturated heterocycles. The molecule has 0 aliphatic carbocycles. The average Bonchev–Trinajstić information content (AvgIpc) is 2.43. The second kappa shape index (κ2) is 6.53. The van der Waals surface area contributed by atoms with Crippen molar-refractivity contribution >= 4 is 16.7 Å². The smallest absolute Gasteiger partial charge is 0.128 e. The van der Waals surface area contributed by atoms with Gasteiger partial charge >= 0.3 is 0 Å². The molecule has 102 valence electrons. The van der Waals surface area contributed by atoms with Crippen LogP contribution in [0.5, 0.6) is 0 Å². The number of nitrogen functional groups attached to an aromatic ring is 1. The summed E-state index contributed by atoms with van der Waals surface area (Å²) in [5.41, 5.74) is 8.19. The number of para-hydroxylation sites is 1. The fourth-order valence-electron chi connectivity index (χ4n) is 2.27. The maximum atomic E-state index is 6.08. The Hall–Kier alpha value is -1.61. The molecule has 0 unspecified atom stereocenters. The van der Waals surface area contributed by atoms with Crippen molar-refractivity contribution < 1.29 is 0 Å². The van der Waals surface area contributed by atoms with Crippen molar-refractivity contribution in [1.29, 1.82) is 0 Å². The first-order chi connectivity index (χ1) is 9.24. The highest BCUT2D eigenvalue weighted by Crippen LogP contribution is 2.19. The lowest BCUT2D eigenvalue weighted by Gasteiger charge is -2.21. The second-order valence-electron chi connectivity index (χ2n) is 4.95. The van der Waals surface area contributed by atoms with E-state index in [4.69, 9.17) is 5.73 Å². The number of benzene rings is 1. The third kappa shape index (κ3) is 3.44. The molecule has 2 N–H and O–H groups in total. The number of pyridine rings is 1. The number of rotatable bonds is 6. The molecule has 1 aromatic carbocycles. The molecule has 0 saturated carbocycles. The molecule has 2 aromatic rings. The predicted octanol–water partition coefficient (Wildman–Crippen LogP) is 3.44. The van der Waals surface area contributed by atoms with Gasteiger partial charge in [0.2, 0.25) is 0 Å². The molecule has 2 rings (SSSR count). The number of hydrogen-bond donors (Lipinski definition) is 1. The Morgan fingerprint density at radius 3 is 2.74 bits per heavy atom. The van der Waals surface area contributed by atoms with Gasteiger partial charge in [0.1, 0.15) is 5.82 Å². The molecular weight excluding hydrogens is 234 g/mol. The van der Waals surface area contributed by atoms with Gasteiger partial charge in [0, 0.05) is 17.5 Å². The van der Waals surface area contributed by atoms with Crippen LogP contribution < -0.4 is 5.73 Å². The zero-order valence-corrected chi connectivity index (χ0v) is 11.9. The summed E-state index contributed by atoms with van der Waals surface area (Å²) < 4.78 is 0. The zero-order chi connectivity index (χ0) is 13.7. The normalized spacial score (nSPS) is 11.3. The van der Waals surface area contributed by atoms with Crippen LogP contribution >= 0.6 is 0 Å². The summed E-state index contributed by atoms with van der Waals surface area (Å²) >= 11 is 0. The van der Waals surface area contributed by atoms with Gasteiger partial charge in [0.25, 0.3) is 0 Å². The van der Waals surface area contributed by atoms with Gasteiger partial charge in [-0.1, -0.05) is 38.5 Å². The van der Waals surface area contributed by atoms with Crippen molar-refractivity contribution in [3.63, 3.8) is 0 Å². The highest BCUT2D eigenvalue weighted by atomic mass is 15.1. The first-order valence-corrected chi connectivity index (χ1v) is 7.11. The molecule has 0 aliphatic rings. The first kappa shape index (κ1) is 13.8. The number of hydrogen-bond acceptors (Lipinski definition) is 3. The van der Waals surface area contributed by atoms with Crippen LogP contribution in [0.25, 0.3) is 10.9 Å². The topological polar surface area (TPSA) is 42.2 Å². The average molecular weight is 257 g/mol. The van der Waals surface area contributed by atoms with Crippen LogP contribution in [0.1, 0.15) is 32.3 Å². The molecule has 0 radical (unpaired) electrons. The molecule has 0 bridgehead atoms. The summed E-state index contributed by atoms with van der Waals surface area (Å²) in [7, 11) is 0. The summed E-state index contributed by atoms with van der Waals surface area (Å²) in [6.07, 6.45) is 2.46. The standard InChI is InChI=1S/C16H23N3/c1-3-5-10-19(4-2)12-14-11-13-8-6-7-9-15(13)18-16(14)17/h6-9,11H,3-5,10,12H2,1-2H3,(H2,17,18). The molecule has 19 heavy (non-hydrogen) atoms. The lowest BCUT2D eigenvalue weighted by Crippen LogP contribution is -2.24. The Balaban J connectivity index is 2.21. The fraction of sp³-hybridized carbons (Fsp3) is 0.438. The summed E-state index contributed by atoms with van der Waals surface area (Å²) in [5, 5.41) is 1.17. The van der Waals surface area contributed by atoms with E-state index in [0.29, 0.717) is 5.82 Å². The highest BCUT2D eigenvalue weighted by molar-refractivity contribution is 5.81. The predicted molar refractivity (Wildman–Crippen MR) is 82.0 cm³/mol. The van der Waals surface area contributed by atoms with Crippen LogP contribution in [0.2, 0.25) is 0 Å². The summed E-state index contributed by atoms with van der Waals surface area (Å²) in [6, 6.07) is 10.3. The lowest BCUT2D eigenvalue weighted by molar-refractivity contribution is 0.276. The molecule has 0 spiro atoms. The van der Waals surface area contributed by atoms with E-state index in [1.54, 1.807) is 0 Å². The van der Waals surface area contributed by atoms with Gasteiger partial charge in [-0.2, -0.15) is 0 Å². The van der Waals surface area contributed by atoms with Gasteiger partial charge in [0.05, 0.1) is 5.52 Å². The number of unbranched alkanes of at least 4 members (excludes halogenated alkanes) is 1. The van der Waals surface area contributed by atoms with Gasteiger partial charge in [-0.05, 0) is 31.6 Å². The van der Waals surface area contributed by atoms with Crippen LogP contribution in [-0.4, -0.2) is 23.0 Å². The van der Waals surface area contributed by atoms with E-state index >= 15 is 0 Å². The monoisotopic (exact) mass is 257 g/mol. The van der Waals surface area contributed by atoms with Crippen LogP contribution in [0.4, 0.5) is 5.82 Å². The van der Waals surface area contributed by atoms with Gasteiger partial charge < -0.3 is 5.73 Å². The maximum absolute atomic E-state index is 6.08. The van der Waals surface area contributed by atoms with E-state index in [0.717, 1.165) is 30.7 Å². The van der Waals surface area contributed by atoms with Crippen LogP contribution in [-0.2, 0) is 6.54 Å². The van der Waals surface area contributed by atoms with Crippen molar-refractivity contribution in [2.75, 3.05) is 18.8 Å². The van der Waals surface area contributed by atoms with Crippen molar-refractivity contribution in [1.82, 2.24) is 9.88 Å². The van der Waals surface area contributed by atoms with E-state index in [1.165, 1.54) is 18.2 Å². The largest absolute Gasteiger partial charge is 0.383 e. The van der Waals surface area contributed by atoms with Crippen molar-refractivity contribution in [3.05, 3.63) is 35.9 Å². The van der Waals surface area contributed by atoms with Crippen molar-refractivity contribution in [3.8, 4) is 0 Å². The molecule has 3 nitrogen and oxygen atoms in total. The van der Waals surface area contributed by atoms with E-state index in [1.807, 2.05) is 18.2 Å². The minimum absolute atomic E-state index is 0.661. The van der Waals surface area contributed by atoms with Gasteiger partial charge in [-0.3, -0.25) is 4.90 Å². The number of aromatic nitrogens is 1. The molecule has 0 atom stereocenters. The Morgan fingerprint density at radius 2 is 2.00 bits per heavy atom. The van der Waals surface area contributed by atoms with Crippen molar-refractivity contribution in [2.45, 2.75) is 33.2 Å². The third-order valence-electron chi connectivity index (χ3n) is 3.51. The van der Waals surface area contributed by atoms with Gasteiger partial charge in [-0.25, -0.2) is 4.98 Å². The number of fused-ring (bicyclic) bond motifs is 1. The minimum atomic E-state index is 0.661. The molecule has 1 heterocycles. The van der Waals surface area contributed by atoms with E-state index in [9.17, 15) is 0 Å². The SMILES string of the molecule is CCCCN(CC)Cc1cc2ccccc2nc1N. The Bertz CT molecular complexity index is 537. The van der Waals surface area contributed by atoms with E-state index < -0.39 is 0 Å². The van der Waals surface area contributed by atoms with Crippen LogP contribution in [0.15, 0.2) is 30.3 Å². The summed E-state index contributed by atoms with van der Waals surface area (Å²) in [4.78, 5) is 6.92. The summed E-state index contributed by atoms with van der Waals surface area (Å²) in [6.45, 7) is 7.48. The maximum Gasteiger partial charge on any atom is 0.128 e. The molecule has 0 amide bonds. The number of nitrogens with zero attached hydrogens (tertiary/aromatic N) is 2. The van der Waals surface area contributed by atoms with Gasteiger partial charge in [0.15, 0.2) is 0 Å². The Labute approximate surface area is 115 Å². The second-order valence-corrected chi connectivity index (χ2v) is 4.95. The van der Waals surface area contributed by atoms with E-state index in [-0.39, 0.29) is 0 Å². The number of nitrogens with two attached hydrogens (primary N) is 1. The zero-order valence-electron chi connectivity index (χ0n) is 11.9. The Morgan fingerprint density at radius 1 is 1.21 bits per heavy atom. The van der Waals surface area contributed by atoms with Crippen LogP contribution in [0, 0.1) is 0 Å². The molecule has 0 fully saturated rings. The van der Waals surface area contributed by atoms with Crippen LogP contribution in [0.3, 0.4) is 0 Å². The molecular formula is C16H23N3. The van der Waals surface area contributed by atoms with E-state index in [2.05, 4.69) is 35.9 Å². The molecule has 1 aromatic heterocycles. The molecule has 3 heteroatoms. The lowest BCUT2D eigenvalue weighted by atomic mass is 10.1.